The topological polar surface area (TPSA) is 17.8 Å². The highest BCUT2D eigenvalue weighted by Crippen LogP contribution is 2.31. The van der Waals surface area contributed by atoms with Crippen molar-refractivity contribution in [2.75, 3.05) is 0 Å². The average Bonchev–Trinajstić information content (AvgIpc) is 2.89. The van der Waals surface area contributed by atoms with Gasteiger partial charge in [-0.05, 0) is 24.3 Å². The lowest BCUT2D eigenvalue weighted by atomic mass is 9.92. The van der Waals surface area contributed by atoms with Crippen molar-refractivity contribution < 1.29 is 0 Å². The van der Waals surface area contributed by atoms with E-state index in [0.717, 1.165) is 11.5 Å². The lowest BCUT2D eigenvalue weighted by molar-refractivity contribution is 0.568. The van der Waals surface area contributed by atoms with Gasteiger partial charge in [-0.1, -0.05) is 63.2 Å². The van der Waals surface area contributed by atoms with E-state index in [0.29, 0.717) is 0 Å². The molecule has 2 heteroatoms. The van der Waals surface area contributed by atoms with Crippen LogP contribution >= 0.6 is 0 Å². The molecule has 0 amide bonds. The van der Waals surface area contributed by atoms with Crippen molar-refractivity contribution in [1.29, 1.82) is 0 Å². The number of benzene rings is 2. The van der Waals surface area contributed by atoms with Gasteiger partial charge in [-0.3, -0.25) is 4.57 Å². The first-order chi connectivity index (χ1) is 11.1. The predicted molar refractivity (Wildman–Crippen MR) is 97.3 cm³/mol. The second kappa shape index (κ2) is 4.95. The molecule has 0 fully saturated rings. The molecule has 0 N–H and O–H groups in total. The van der Waals surface area contributed by atoms with Crippen molar-refractivity contribution in [2.24, 2.45) is 0 Å². The Kier molecular flexibility index (Phi) is 3.02. The smallest absolute Gasteiger partial charge is 0.137 e. The summed E-state index contributed by atoms with van der Waals surface area (Å²) in [5, 5.41) is 2.54. The fraction of sp³-hybridized carbons (Fsp3) is 0.190. The SMILES string of the molecule is CC(C)(C)c1cccc(-n2c3ccccc3c3ccccc32)n1. The Hall–Kier alpha value is -2.61. The third-order valence-corrected chi connectivity index (χ3v) is 4.31. The minimum absolute atomic E-state index is 0.0365. The van der Waals surface area contributed by atoms with Crippen LogP contribution in [-0.4, -0.2) is 9.55 Å². The van der Waals surface area contributed by atoms with E-state index in [1.54, 1.807) is 0 Å². The van der Waals surface area contributed by atoms with Crippen molar-refractivity contribution in [3.8, 4) is 5.82 Å². The van der Waals surface area contributed by atoms with Crippen molar-refractivity contribution >= 4 is 21.8 Å². The van der Waals surface area contributed by atoms with Crippen LogP contribution < -0.4 is 0 Å². The zero-order chi connectivity index (χ0) is 16.0. The normalized spacial score (nSPS) is 12.1. The summed E-state index contributed by atoms with van der Waals surface area (Å²) in [6, 6.07) is 23.4. The standard InChI is InChI=1S/C21H20N2/c1-21(2,3)19-13-8-14-20(22-19)23-17-11-6-4-9-15(17)16-10-5-7-12-18(16)23/h4-14H,1-3H3. The predicted octanol–water partition coefficient (Wildman–Crippen LogP) is 5.48. The first kappa shape index (κ1) is 14.0. The summed E-state index contributed by atoms with van der Waals surface area (Å²) in [7, 11) is 0. The maximum atomic E-state index is 4.95. The minimum atomic E-state index is 0.0365. The van der Waals surface area contributed by atoms with Crippen molar-refractivity contribution in [3.63, 3.8) is 0 Å². The van der Waals surface area contributed by atoms with Crippen LogP contribution in [0.2, 0.25) is 0 Å². The van der Waals surface area contributed by atoms with Gasteiger partial charge in [0, 0.05) is 21.9 Å². The van der Waals surface area contributed by atoms with Gasteiger partial charge in [-0.15, -0.1) is 0 Å². The molecular weight excluding hydrogens is 280 g/mol. The number of hydrogen-bond acceptors (Lipinski definition) is 1. The van der Waals surface area contributed by atoms with E-state index in [9.17, 15) is 0 Å². The van der Waals surface area contributed by atoms with Gasteiger partial charge in [0.2, 0.25) is 0 Å². The molecule has 2 heterocycles. The van der Waals surface area contributed by atoms with E-state index in [1.165, 1.54) is 21.8 Å². The molecule has 0 radical (unpaired) electrons. The van der Waals surface area contributed by atoms with Crippen molar-refractivity contribution in [3.05, 3.63) is 72.4 Å². The van der Waals surface area contributed by atoms with E-state index < -0.39 is 0 Å². The fourth-order valence-electron chi connectivity index (χ4n) is 3.13. The highest BCUT2D eigenvalue weighted by molar-refractivity contribution is 6.09. The Labute approximate surface area is 136 Å². The van der Waals surface area contributed by atoms with E-state index >= 15 is 0 Å². The summed E-state index contributed by atoms with van der Waals surface area (Å²) in [5.41, 5.74) is 3.55. The Bertz CT molecular complexity index is 950. The zero-order valence-corrected chi connectivity index (χ0v) is 13.7. The Morgan fingerprint density at radius 3 is 1.83 bits per heavy atom. The maximum absolute atomic E-state index is 4.95. The van der Waals surface area contributed by atoms with Crippen LogP contribution in [0.25, 0.3) is 27.6 Å². The average molecular weight is 300 g/mol. The summed E-state index contributed by atoms with van der Waals surface area (Å²) in [6.07, 6.45) is 0. The molecule has 0 aliphatic rings. The van der Waals surface area contributed by atoms with Crippen LogP contribution in [0, 0.1) is 0 Å². The molecule has 0 saturated carbocycles. The summed E-state index contributed by atoms with van der Waals surface area (Å²) >= 11 is 0. The monoisotopic (exact) mass is 300 g/mol. The Morgan fingerprint density at radius 1 is 0.696 bits per heavy atom. The molecular formula is C21H20N2. The summed E-state index contributed by atoms with van der Waals surface area (Å²) in [6.45, 7) is 6.60. The van der Waals surface area contributed by atoms with E-state index in [1.807, 2.05) is 0 Å². The molecule has 4 aromatic rings. The molecule has 2 aromatic heterocycles. The molecule has 0 bridgehead atoms. The molecule has 0 aliphatic heterocycles. The van der Waals surface area contributed by atoms with Gasteiger partial charge in [-0.2, -0.15) is 0 Å². The zero-order valence-electron chi connectivity index (χ0n) is 13.7. The molecule has 0 aliphatic carbocycles. The van der Waals surface area contributed by atoms with Crippen molar-refractivity contribution in [1.82, 2.24) is 9.55 Å². The molecule has 2 nitrogen and oxygen atoms in total. The number of pyridine rings is 1. The van der Waals surface area contributed by atoms with E-state index in [4.69, 9.17) is 4.98 Å². The number of aromatic nitrogens is 2. The highest BCUT2D eigenvalue weighted by atomic mass is 15.1. The lowest BCUT2D eigenvalue weighted by Gasteiger charge is -2.19. The summed E-state index contributed by atoms with van der Waals surface area (Å²) in [4.78, 5) is 4.95. The minimum Gasteiger partial charge on any atom is -0.294 e. The first-order valence-corrected chi connectivity index (χ1v) is 8.02. The molecule has 2 aromatic carbocycles. The largest absolute Gasteiger partial charge is 0.294 e. The number of fused-ring (bicyclic) bond motifs is 3. The molecule has 114 valence electrons. The maximum Gasteiger partial charge on any atom is 0.137 e. The van der Waals surface area contributed by atoms with Gasteiger partial charge in [0.25, 0.3) is 0 Å². The molecule has 0 unspecified atom stereocenters. The van der Waals surface area contributed by atoms with Crippen LogP contribution in [0.3, 0.4) is 0 Å². The molecule has 0 saturated heterocycles. The number of para-hydroxylation sites is 2. The number of hydrogen-bond donors (Lipinski definition) is 0. The second-order valence-corrected chi connectivity index (χ2v) is 7.00. The quantitative estimate of drug-likeness (QED) is 0.455. The van der Waals surface area contributed by atoms with Crippen molar-refractivity contribution in [2.45, 2.75) is 26.2 Å². The van der Waals surface area contributed by atoms with E-state index in [2.05, 4.69) is 92.1 Å². The molecule has 0 atom stereocenters. The fourth-order valence-corrected chi connectivity index (χ4v) is 3.13. The first-order valence-electron chi connectivity index (χ1n) is 8.02. The van der Waals surface area contributed by atoms with Gasteiger partial charge < -0.3 is 0 Å². The van der Waals surface area contributed by atoms with Gasteiger partial charge in [0.1, 0.15) is 5.82 Å². The molecule has 4 rings (SSSR count). The summed E-state index contributed by atoms with van der Waals surface area (Å²) < 4.78 is 2.26. The summed E-state index contributed by atoms with van der Waals surface area (Å²) in [5.74, 6) is 0.981. The third-order valence-electron chi connectivity index (χ3n) is 4.31. The number of rotatable bonds is 1. The number of nitrogens with zero attached hydrogens (tertiary/aromatic N) is 2. The van der Waals surface area contributed by atoms with Crippen LogP contribution in [0.1, 0.15) is 26.5 Å². The third kappa shape index (κ3) is 2.22. The Balaban J connectivity index is 2.09. The van der Waals surface area contributed by atoms with E-state index in [-0.39, 0.29) is 5.41 Å². The lowest BCUT2D eigenvalue weighted by Crippen LogP contribution is -2.14. The van der Waals surface area contributed by atoms with Gasteiger partial charge >= 0.3 is 0 Å². The molecule has 0 spiro atoms. The second-order valence-electron chi connectivity index (χ2n) is 7.00. The molecule has 23 heavy (non-hydrogen) atoms. The highest BCUT2D eigenvalue weighted by Gasteiger charge is 2.17. The Morgan fingerprint density at radius 2 is 1.26 bits per heavy atom. The van der Waals surface area contributed by atoms with Crippen LogP contribution in [0.15, 0.2) is 66.7 Å². The van der Waals surface area contributed by atoms with Crippen LogP contribution in [-0.2, 0) is 5.41 Å². The van der Waals surface area contributed by atoms with Crippen LogP contribution in [0.4, 0.5) is 0 Å². The van der Waals surface area contributed by atoms with Gasteiger partial charge in [-0.25, -0.2) is 4.98 Å². The van der Waals surface area contributed by atoms with Gasteiger partial charge in [0.05, 0.1) is 11.0 Å². The van der Waals surface area contributed by atoms with Crippen LogP contribution in [0.5, 0.6) is 0 Å². The van der Waals surface area contributed by atoms with Gasteiger partial charge in [0.15, 0.2) is 0 Å².